The molecule has 1 saturated carbocycles. The summed E-state index contributed by atoms with van der Waals surface area (Å²) in [6, 6.07) is 14.0. The summed E-state index contributed by atoms with van der Waals surface area (Å²) in [7, 11) is 0. The minimum absolute atomic E-state index is 0.00433. The van der Waals surface area contributed by atoms with Crippen LogP contribution >= 0.6 is 0 Å². The highest BCUT2D eigenvalue weighted by atomic mass is 16.7. The second-order valence-electron chi connectivity index (χ2n) is 9.99. The molecule has 2 bridgehead atoms. The number of hydrogen-bond donors (Lipinski definition) is 1. The van der Waals surface area contributed by atoms with Crippen molar-refractivity contribution in [3.63, 3.8) is 0 Å². The van der Waals surface area contributed by atoms with Gasteiger partial charge >= 0.3 is 0 Å². The number of benzene rings is 1. The Hall–Kier alpha value is -2.88. The van der Waals surface area contributed by atoms with Gasteiger partial charge in [-0.3, -0.25) is 5.41 Å². The fraction of sp³-hybridized carbons (Fsp3) is 0.583. The summed E-state index contributed by atoms with van der Waals surface area (Å²) >= 11 is 0. The molecule has 0 aromatic heterocycles. The van der Waals surface area contributed by atoms with E-state index in [0.29, 0.717) is 18.4 Å². The zero-order valence-electron chi connectivity index (χ0n) is 17.8. The number of nitriles is 3. The van der Waals surface area contributed by atoms with Crippen molar-refractivity contribution in [2.24, 2.45) is 28.1 Å². The summed E-state index contributed by atoms with van der Waals surface area (Å²) in [5, 5.41) is 39.7. The summed E-state index contributed by atoms with van der Waals surface area (Å²) in [6.45, 7) is 8.42. The third-order valence-electron chi connectivity index (χ3n) is 7.51. The fourth-order valence-electron chi connectivity index (χ4n) is 5.67. The topological polar surface area (TPSA) is 114 Å². The van der Waals surface area contributed by atoms with Crippen LogP contribution < -0.4 is 0 Å². The highest BCUT2D eigenvalue weighted by Crippen LogP contribution is 2.70. The third kappa shape index (κ3) is 2.33. The zero-order valence-corrected chi connectivity index (χ0v) is 17.8. The van der Waals surface area contributed by atoms with Crippen molar-refractivity contribution in [3.8, 4) is 18.2 Å². The maximum absolute atomic E-state index is 10.4. The minimum atomic E-state index is -1.88. The molecule has 1 aliphatic carbocycles. The van der Waals surface area contributed by atoms with E-state index in [1.165, 1.54) is 0 Å². The molecule has 1 aromatic rings. The van der Waals surface area contributed by atoms with Crippen LogP contribution in [0.25, 0.3) is 0 Å². The highest BCUT2D eigenvalue weighted by molar-refractivity contribution is 5.89. The Morgan fingerprint density at radius 2 is 1.70 bits per heavy atom. The first kappa shape index (κ1) is 20.4. The van der Waals surface area contributed by atoms with E-state index in [0.717, 1.165) is 12.0 Å². The average Bonchev–Trinajstić information content (AvgIpc) is 2.92. The van der Waals surface area contributed by atoms with Crippen LogP contribution in [-0.4, -0.2) is 11.7 Å². The van der Waals surface area contributed by atoms with Crippen LogP contribution in [0, 0.1) is 74.4 Å². The molecule has 2 aliphatic heterocycles. The smallest absolute Gasteiger partial charge is 0.217 e. The second kappa shape index (κ2) is 6.31. The molecular weight excluding hydrogens is 376 g/mol. The molecule has 0 amide bonds. The van der Waals surface area contributed by atoms with Gasteiger partial charge in [-0.15, -0.1) is 0 Å². The Balaban J connectivity index is 1.94. The predicted octanol–water partition coefficient (Wildman–Crippen LogP) is 4.78. The average molecular weight is 402 g/mol. The molecule has 6 nitrogen and oxygen atoms in total. The number of hydrogen-bond acceptors (Lipinski definition) is 6. The monoisotopic (exact) mass is 402 g/mol. The maximum atomic E-state index is 10.4. The second-order valence-corrected chi connectivity index (χ2v) is 9.99. The van der Waals surface area contributed by atoms with Gasteiger partial charge in [-0.2, -0.15) is 15.8 Å². The lowest BCUT2D eigenvalue weighted by atomic mass is 9.49. The number of nitrogens with one attached hydrogen (secondary N) is 1. The molecule has 1 aromatic carbocycles. The Labute approximate surface area is 177 Å². The Morgan fingerprint density at radius 3 is 2.23 bits per heavy atom. The van der Waals surface area contributed by atoms with Crippen LogP contribution in [0.4, 0.5) is 0 Å². The van der Waals surface area contributed by atoms with E-state index < -0.39 is 28.6 Å². The van der Waals surface area contributed by atoms with Gasteiger partial charge in [0, 0.05) is 6.42 Å². The standard InChI is InChI=1S/C24H26N4O2/c1-15-5-7-16(8-6-15)19-22(12-25,13-26)23(14-27)18-11-17(21(2,3)4)9-10-24(18,29-19)30-20(23)28/h5-8,17-19,28H,9-11H2,1-4H3. The lowest BCUT2D eigenvalue weighted by molar-refractivity contribution is -0.301. The van der Waals surface area contributed by atoms with Crippen molar-refractivity contribution in [2.75, 3.05) is 0 Å². The Kier molecular flexibility index (Phi) is 4.29. The van der Waals surface area contributed by atoms with Crippen molar-refractivity contribution in [1.29, 1.82) is 21.2 Å². The first-order valence-electron chi connectivity index (χ1n) is 10.4. The van der Waals surface area contributed by atoms with Crippen molar-refractivity contribution in [1.82, 2.24) is 0 Å². The Bertz CT molecular complexity index is 1010. The summed E-state index contributed by atoms with van der Waals surface area (Å²) in [4.78, 5) is 0. The summed E-state index contributed by atoms with van der Waals surface area (Å²) in [5.41, 5.74) is -1.86. The van der Waals surface area contributed by atoms with Crippen molar-refractivity contribution < 1.29 is 9.47 Å². The van der Waals surface area contributed by atoms with Gasteiger partial charge in [0.05, 0.1) is 24.1 Å². The van der Waals surface area contributed by atoms with Gasteiger partial charge in [-0.1, -0.05) is 50.6 Å². The SMILES string of the molecule is Cc1ccc(C2OC34CCC(C(C)(C)C)CC3C(C#N)(C(=N)O4)C2(C#N)C#N)cc1. The Morgan fingerprint density at radius 1 is 1.07 bits per heavy atom. The molecule has 3 aliphatic rings. The number of nitrogens with zero attached hydrogens (tertiary/aromatic N) is 3. The number of aryl methyl sites for hydroxylation is 1. The van der Waals surface area contributed by atoms with Gasteiger partial charge in [0.15, 0.2) is 5.41 Å². The minimum Gasteiger partial charge on any atom is -0.447 e. The summed E-state index contributed by atoms with van der Waals surface area (Å²) in [5.74, 6) is -1.72. The molecule has 2 saturated heterocycles. The van der Waals surface area contributed by atoms with Crippen molar-refractivity contribution >= 4 is 5.90 Å². The lowest BCUT2D eigenvalue weighted by Gasteiger charge is -2.54. The van der Waals surface area contributed by atoms with E-state index in [1.54, 1.807) is 0 Å². The molecule has 154 valence electrons. The van der Waals surface area contributed by atoms with E-state index in [4.69, 9.17) is 14.9 Å². The van der Waals surface area contributed by atoms with Crippen molar-refractivity contribution in [2.45, 2.75) is 58.8 Å². The van der Waals surface area contributed by atoms with Gasteiger partial charge < -0.3 is 9.47 Å². The van der Waals surface area contributed by atoms with E-state index in [9.17, 15) is 15.8 Å². The molecule has 30 heavy (non-hydrogen) atoms. The molecule has 2 heterocycles. The van der Waals surface area contributed by atoms with Crippen LogP contribution in [0.3, 0.4) is 0 Å². The maximum Gasteiger partial charge on any atom is 0.217 e. The normalized spacial score (nSPS) is 36.6. The lowest BCUT2D eigenvalue weighted by Crippen LogP contribution is -2.61. The van der Waals surface area contributed by atoms with E-state index >= 15 is 0 Å². The molecule has 3 fully saturated rings. The number of ether oxygens (including phenoxy) is 2. The quantitative estimate of drug-likeness (QED) is 0.726. The molecule has 4 rings (SSSR count). The van der Waals surface area contributed by atoms with E-state index in [1.807, 2.05) is 31.2 Å². The third-order valence-corrected chi connectivity index (χ3v) is 7.51. The van der Waals surface area contributed by atoms with Crippen LogP contribution in [0.2, 0.25) is 0 Å². The first-order chi connectivity index (χ1) is 14.1. The van der Waals surface area contributed by atoms with Crippen LogP contribution in [0.1, 0.15) is 57.3 Å². The summed E-state index contributed by atoms with van der Waals surface area (Å²) < 4.78 is 12.5. The molecule has 6 heteroatoms. The molecule has 5 unspecified atom stereocenters. The van der Waals surface area contributed by atoms with Gasteiger partial charge in [0.2, 0.25) is 17.1 Å². The van der Waals surface area contributed by atoms with Crippen LogP contribution in [0.15, 0.2) is 24.3 Å². The molecule has 0 spiro atoms. The van der Waals surface area contributed by atoms with Crippen LogP contribution in [0.5, 0.6) is 0 Å². The summed E-state index contributed by atoms with van der Waals surface area (Å²) in [6.07, 6.45) is 0.964. The molecule has 0 radical (unpaired) electrons. The van der Waals surface area contributed by atoms with E-state index in [2.05, 4.69) is 39.0 Å². The van der Waals surface area contributed by atoms with Gasteiger partial charge in [-0.05, 0) is 36.7 Å². The number of rotatable bonds is 1. The largest absolute Gasteiger partial charge is 0.447 e. The first-order valence-corrected chi connectivity index (χ1v) is 10.4. The molecule has 5 atom stereocenters. The van der Waals surface area contributed by atoms with E-state index in [-0.39, 0.29) is 17.2 Å². The molecule has 1 N–H and O–H groups in total. The van der Waals surface area contributed by atoms with Gasteiger partial charge in [-0.25, -0.2) is 0 Å². The van der Waals surface area contributed by atoms with Gasteiger partial charge in [0.1, 0.15) is 6.10 Å². The fourth-order valence-corrected chi connectivity index (χ4v) is 5.67. The highest BCUT2D eigenvalue weighted by Gasteiger charge is 2.81. The van der Waals surface area contributed by atoms with Crippen molar-refractivity contribution in [3.05, 3.63) is 35.4 Å². The van der Waals surface area contributed by atoms with Gasteiger partial charge in [0.25, 0.3) is 0 Å². The predicted molar refractivity (Wildman–Crippen MR) is 109 cm³/mol. The van der Waals surface area contributed by atoms with Crippen LogP contribution in [-0.2, 0) is 9.47 Å². The zero-order chi connectivity index (χ0) is 21.9. The molecular formula is C24H26N4O2.